The van der Waals surface area contributed by atoms with E-state index >= 15 is 0 Å². The summed E-state index contributed by atoms with van der Waals surface area (Å²) in [6.45, 7) is 4.16. The van der Waals surface area contributed by atoms with Gasteiger partial charge in [-0.15, -0.1) is 0 Å². The van der Waals surface area contributed by atoms with E-state index in [1.807, 2.05) is 0 Å². The lowest BCUT2D eigenvalue weighted by molar-refractivity contribution is -0.144. The number of Topliss-reactive ketones (excluding diaryl/α,β-unsaturated/α-hetero) is 3. The number of carbonyl (C=O) groups is 6. The fourth-order valence-electron chi connectivity index (χ4n) is 3.22. The Hall–Kier alpha value is -3.62. The first-order valence-electron chi connectivity index (χ1n) is 8.80. The second kappa shape index (κ2) is 7.42. The number of hydrogen-bond acceptors (Lipinski definition) is 9. The molecule has 1 aromatic rings. The highest BCUT2D eigenvalue weighted by Crippen LogP contribution is 2.38. The van der Waals surface area contributed by atoms with Crippen LogP contribution in [0.3, 0.4) is 0 Å². The van der Waals surface area contributed by atoms with Crippen LogP contribution in [0, 0.1) is 5.92 Å². The van der Waals surface area contributed by atoms with Gasteiger partial charge in [-0.25, -0.2) is 9.59 Å². The van der Waals surface area contributed by atoms with Crippen molar-refractivity contribution < 1.29 is 43.0 Å². The molecular formula is C20H16O9. The first kappa shape index (κ1) is 20.1. The highest BCUT2D eigenvalue weighted by molar-refractivity contribution is 6.35. The van der Waals surface area contributed by atoms with Crippen molar-refractivity contribution in [3.63, 3.8) is 0 Å². The van der Waals surface area contributed by atoms with E-state index in [-0.39, 0.29) is 41.2 Å². The van der Waals surface area contributed by atoms with Crippen LogP contribution in [0.5, 0.6) is 0 Å². The Morgan fingerprint density at radius 2 is 1.45 bits per heavy atom. The summed E-state index contributed by atoms with van der Waals surface area (Å²) in [5.74, 6) is -7.13. The molecule has 1 aromatic carbocycles. The van der Waals surface area contributed by atoms with Gasteiger partial charge in [-0.05, 0) is 32.9 Å². The zero-order valence-electron chi connectivity index (χ0n) is 15.8. The van der Waals surface area contributed by atoms with Gasteiger partial charge in [0.15, 0.2) is 29.0 Å². The average molecular weight is 400 g/mol. The minimum Gasteiger partial charge on any atom is -0.465 e. The molecule has 0 aromatic heterocycles. The van der Waals surface area contributed by atoms with E-state index in [1.54, 1.807) is 6.92 Å². The second-order valence-corrected chi connectivity index (χ2v) is 6.23. The molecule has 1 aliphatic carbocycles. The van der Waals surface area contributed by atoms with E-state index in [0.717, 1.165) is 13.0 Å². The van der Waals surface area contributed by atoms with Crippen molar-refractivity contribution in [2.75, 3.05) is 13.2 Å². The van der Waals surface area contributed by atoms with Crippen LogP contribution in [0.2, 0.25) is 0 Å². The third-order valence-electron chi connectivity index (χ3n) is 4.45. The van der Waals surface area contributed by atoms with E-state index in [0.29, 0.717) is 0 Å². The molecule has 9 heteroatoms. The number of esters is 3. The molecule has 1 aliphatic heterocycles. The number of fused-ring (bicyclic) bond motifs is 2. The molecule has 3 rings (SSSR count). The largest absolute Gasteiger partial charge is 0.465 e. The summed E-state index contributed by atoms with van der Waals surface area (Å²) in [6.07, 6.45) is 0. The van der Waals surface area contributed by atoms with E-state index in [1.165, 1.54) is 13.0 Å². The first-order chi connectivity index (χ1) is 13.7. The van der Waals surface area contributed by atoms with Crippen molar-refractivity contribution in [2.24, 2.45) is 5.92 Å². The van der Waals surface area contributed by atoms with Crippen molar-refractivity contribution in [2.45, 2.75) is 20.8 Å². The van der Waals surface area contributed by atoms with Gasteiger partial charge in [0.2, 0.25) is 0 Å². The van der Waals surface area contributed by atoms with Crippen molar-refractivity contribution in [1.29, 1.82) is 0 Å². The Morgan fingerprint density at radius 3 is 1.97 bits per heavy atom. The van der Waals surface area contributed by atoms with Crippen LogP contribution < -0.4 is 0 Å². The van der Waals surface area contributed by atoms with Gasteiger partial charge in [-0.2, -0.15) is 0 Å². The number of hydrogen-bond donors (Lipinski definition) is 0. The van der Waals surface area contributed by atoms with E-state index in [4.69, 9.17) is 14.2 Å². The van der Waals surface area contributed by atoms with Crippen LogP contribution in [-0.4, -0.2) is 48.5 Å². The van der Waals surface area contributed by atoms with Crippen LogP contribution in [0.4, 0.5) is 0 Å². The third-order valence-corrected chi connectivity index (χ3v) is 4.45. The first-order valence-corrected chi connectivity index (χ1v) is 8.80. The van der Waals surface area contributed by atoms with Gasteiger partial charge in [-0.3, -0.25) is 19.2 Å². The zero-order valence-corrected chi connectivity index (χ0v) is 15.8. The molecule has 0 radical (unpaired) electrons. The molecule has 0 saturated heterocycles. The molecule has 1 atom stereocenters. The number of benzene rings is 1. The van der Waals surface area contributed by atoms with Gasteiger partial charge in [0.05, 0.1) is 18.8 Å². The fourth-order valence-corrected chi connectivity index (χ4v) is 3.22. The standard InChI is InChI=1S/C20H16O9/c1-4-27-19(25)13(8(3)21)17-11-6-9-10(7-12(11)18(24)29-17)16(23)14(15(9)22)20(26)28-5-2/h6-7,14H,4-5H2,1-3H3/b17-13-/t14-/m0/s1. The Kier molecular flexibility index (Phi) is 5.15. The molecule has 0 amide bonds. The average Bonchev–Trinajstić information content (AvgIpc) is 3.09. The second-order valence-electron chi connectivity index (χ2n) is 6.23. The van der Waals surface area contributed by atoms with Crippen LogP contribution >= 0.6 is 0 Å². The molecule has 2 aliphatic rings. The number of carbonyl (C=O) groups excluding carboxylic acids is 6. The van der Waals surface area contributed by atoms with Gasteiger partial charge in [0.25, 0.3) is 0 Å². The number of cyclic esters (lactones) is 1. The lowest BCUT2D eigenvalue weighted by Gasteiger charge is -2.08. The van der Waals surface area contributed by atoms with Gasteiger partial charge in [0.1, 0.15) is 5.57 Å². The molecule has 29 heavy (non-hydrogen) atoms. The summed E-state index contributed by atoms with van der Waals surface area (Å²) in [6, 6.07) is 2.30. The Morgan fingerprint density at radius 1 is 0.897 bits per heavy atom. The minimum absolute atomic E-state index is 0.00216. The number of ketones is 3. The van der Waals surface area contributed by atoms with Crippen LogP contribution in [-0.2, 0) is 28.6 Å². The van der Waals surface area contributed by atoms with Crippen molar-refractivity contribution >= 4 is 41.0 Å². The van der Waals surface area contributed by atoms with Gasteiger partial charge in [-0.1, -0.05) is 0 Å². The summed E-state index contributed by atoms with van der Waals surface area (Å²) in [5.41, 5.74) is -0.831. The maximum Gasteiger partial charge on any atom is 0.345 e. The van der Waals surface area contributed by atoms with Crippen molar-refractivity contribution in [3.8, 4) is 0 Å². The van der Waals surface area contributed by atoms with E-state index in [9.17, 15) is 28.8 Å². The molecule has 0 spiro atoms. The number of ether oxygens (including phenoxy) is 3. The monoisotopic (exact) mass is 400 g/mol. The summed E-state index contributed by atoms with van der Waals surface area (Å²) in [7, 11) is 0. The molecule has 0 N–H and O–H groups in total. The molecular weight excluding hydrogens is 384 g/mol. The van der Waals surface area contributed by atoms with E-state index < -0.39 is 46.7 Å². The Balaban J connectivity index is 2.17. The summed E-state index contributed by atoms with van der Waals surface area (Å²) < 4.78 is 14.7. The van der Waals surface area contributed by atoms with Gasteiger partial charge < -0.3 is 14.2 Å². The maximum atomic E-state index is 12.6. The minimum atomic E-state index is -1.65. The molecule has 0 unspecified atom stereocenters. The summed E-state index contributed by atoms with van der Waals surface area (Å²) in [4.78, 5) is 73.6. The van der Waals surface area contributed by atoms with Gasteiger partial charge in [0, 0.05) is 16.7 Å². The molecule has 0 fully saturated rings. The molecule has 0 saturated carbocycles. The number of rotatable bonds is 5. The fraction of sp³-hybridized carbons (Fsp3) is 0.300. The molecule has 1 heterocycles. The van der Waals surface area contributed by atoms with Crippen molar-refractivity contribution in [3.05, 3.63) is 40.0 Å². The Labute approximate surface area is 164 Å². The van der Waals surface area contributed by atoms with Crippen molar-refractivity contribution in [1.82, 2.24) is 0 Å². The molecule has 9 nitrogen and oxygen atoms in total. The SMILES string of the molecule is CCOC(=O)/C(C(C)=O)=C1\OC(=O)c2cc3c(cc21)C(=O)[C@H](C(=O)OCC)C3=O. The predicted octanol–water partition coefficient (Wildman–Crippen LogP) is 1.28. The van der Waals surface area contributed by atoms with Crippen LogP contribution in [0.1, 0.15) is 57.4 Å². The zero-order chi connectivity index (χ0) is 21.5. The third kappa shape index (κ3) is 3.14. The Bertz CT molecular complexity index is 1030. The molecule has 150 valence electrons. The van der Waals surface area contributed by atoms with Crippen LogP contribution in [0.15, 0.2) is 17.7 Å². The predicted molar refractivity (Wildman–Crippen MR) is 94.9 cm³/mol. The highest BCUT2D eigenvalue weighted by atomic mass is 16.6. The normalized spacial score (nSPS) is 18.7. The maximum absolute atomic E-state index is 12.6. The van der Waals surface area contributed by atoms with E-state index in [2.05, 4.69) is 0 Å². The molecule has 0 bridgehead atoms. The topological polar surface area (TPSA) is 130 Å². The summed E-state index contributed by atoms with van der Waals surface area (Å²) >= 11 is 0. The highest BCUT2D eigenvalue weighted by Gasteiger charge is 2.47. The summed E-state index contributed by atoms with van der Waals surface area (Å²) in [5, 5.41) is 0. The smallest absolute Gasteiger partial charge is 0.345 e. The lowest BCUT2D eigenvalue weighted by Crippen LogP contribution is -2.27. The lowest BCUT2D eigenvalue weighted by atomic mass is 9.97. The van der Waals surface area contributed by atoms with Crippen LogP contribution in [0.25, 0.3) is 5.76 Å². The quantitative estimate of drug-likeness (QED) is 0.236. The van der Waals surface area contributed by atoms with Gasteiger partial charge >= 0.3 is 17.9 Å².